The van der Waals surface area contributed by atoms with Gasteiger partial charge >= 0.3 is 0 Å². The van der Waals surface area contributed by atoms with Gasteiger partial charge in [-0.2, -0.15) is 0 Å². The molecule has 0 radical (unpaired) electrons. The first-order valence-electron chi connectivity index (χ1n) is 9.97. The van der Waals surface area contributed by atoms with Crippen LogP contribution in [0.4, 0.5) is 0 Å². The molecular formula is C23H23ClO6. The minimum absolute atomic E-state index is 0.133. The van der Waals surface area contributed by atoms with Crippen molar-refractivity contribution in [2.75, 3.05) is 19.8 Å². The van der Waals surface area contributed by atoms with Crippen LogP contribution in [0.25, 0.3) is 22.3 Å². The van der Waals surface area contributed by atoms with E-state index in [-0.39, 0.29) is 11.5 Å². The van der Waals surface area contributed by atoms with Crippen LogP contribution >= 0.6 is 11.6 Å². The number of rotatable bonds is 8. The Labute approximate surface area is 178 Å². The van der Waals surface area contributed by atoms with Crippen molar-refractivity contribution in [2.45, 2.75) is 25.4 Å². The SMILES string of the molecule is O=c1cc(-c2ccc(OCCOC3CCC(COO)C3)cc2)oc2c(Cl)cccc12. The molecule has 0 bridgehead atoms. The van der Waals surface area contributed by atoms with Gasteiger partial charge in [0, 0.05) is 11.6 Å². The maximum absolute atomic E-state index is 12.4. The first-order chi connectivity index (χ1) is 14.6. The molecule has 30 heavy (non-hydrogen) atoms. The Kier molecular flexibility index (Phi) is 6.69. The van der Waals surface area contributed by atoms with Crippen molar-refractivity contribution < 1.29 is 24.0 Å². The summed E-state index contributed by atoms with van der Waals surface area (Å²) in [5.41, 5.74) is 1.02. The lowest BCUT2D eigenvalue weighted by atomic mass is 10.1. The fraction of sp³-hybridized carbons (Fsp3) is 0.348. The molecule has 1 saturated carbocycles. The van der Waals surface area contributed by atoms with Gasteiger partial charge < -0.3 is 13.9 Å². The van der Waals surface area contributed by atoms with Gasteiger partial charge in [-0.05, 0) is 61.6 Å². The maximum Gasteiger partial charge on any atom is 0.193 e. The normalized spacial score (nSPS) is 18.7. The van der Waals surface area contributed by atoms with Gasteiger partial charge in [-0.25, -0.2) is 4.89 Å². The highest BCUT2D eigenvalue weighted by Crippen LogP contribution is 2.29. The summed E-state index contributed by atoms with van der Waals surface area (Å²) in [4.78, 5) is 16.6. The third-order valence-electron chi connectivity index (χ3n) is 5.35. The number of hydrogen-bond donors (Lipinski definition) is 1. The molecule has 1 fully saturated rings. The zero-order valence-electron chi connectivity index (χ0n) is 16.4. The third-order valence-corrected chi connectivity index (χ3v) is 5.65. The Bertz CT molecular complexity index is 1050. The van der Waals surface area contributed by atoms with Gasteiger partial charge in [0.1, 0.15) is 18.1 Å². The van der Waals surface area contributed by atoms with Crippen molar-refractivity contribution in [1.82, 2.24) is 0 Å². The molecular weight excluding hydrogens is 408 g/mol. The second-order valence-corrected chi connectivity index (χ2v) is 7.84. The van der Waals surface area contributed by atoms with Crippen LogP contribution in [0.3, 0.4) is 0 Å². The van der Waals surface area contributed by atoms with E-state index < -0.39 is 0 Å². The van der Waals surface area contributed by atoms with E-state index in [9.17, 15) is 4.79 Å². The fourth-order valence-electron chi connectivity index (χ4n) is 3.81. The first-order valence-corrected chi connectivity index (χ1v) is 10.4. The zero-order chi connectivity index (χ0) is 20.9. The molecule has 2 atom stereocenters. The van der Waals surface area contributed by atoms with Crippen LogP contribution in [0.2, 0.25) is 5.02 Å². The van der Waals surface area contributed by atoms with Crippen molar-refractivity contribution in [3.63, 3.8) is 0 Å². The summed E-state index contributed by atoms with van der Waals surface area (Å²) in [5.74, 6) is 1.53. The first kappa shape index (κ1) is 20.9. The van der Waals surface area contributed by atoms with E-state index in [1.165, 1.54) is 6.07 Å². The molecule has 2 aromatic carbocycles. The Morgan fingerprint density at radius 2 is 1.93 bits per heavy atom. The molecule has 6 nitrogen and oxygen atoms in total. The van der Waals surface area contributed by atoms with Crippen molar-refractivity contribution in [2.24, 2.45) is 5.92 Å². The van der Waals surface area contributed by atoms with Crippen molar-refractivity contribution in [3.05, 3.63) is 63.8 Å². The predicted molar refractivity (Wildman–Crippen MR) is 114 cm³/mol. The number of ether oxygens (including phenoxy) is 2. The van der Waals surface area contributed by atoms with Gasteiger partial charge in [-0.3, -0.25) is 10.1 Å². The van der Waals surface area contributed by atoms with Gasteiger partial charge in [-0.1, -0.05) is 17.7 Å². The molecule has 3 aromatic rings. The second kappa shape index (κ2) is 9.62. The lowest BCUT2D eigenvalue weighted by Gasteiger charge is -2.13. The van der Waals surface area contributed by atoms with E-state index >= 15 is 0 Å². The van der Waals surface area contributed by atoms with Crippen molar-refractivity contribution in [1.29, 1.82) is 0 Å². The van der Waals surface area contributed by atoms with Crippen LogP contribution in [0.5, 0.6) is 5.75 Å². The smallest absolute Gasteiger partial charge is 0.193 e. The van der Waals surface area contributed by atoms with Crippen LogP contribution in [0.1, 0.15) is 19.3 Å². The monoisotopic (exact) mass is 430 g/mol. The largest absolute Gasteiger partial charge is 0.491 e. The van der Waals surface area contributed by atoms with Crippen LogP contribution in [-0.4, -0.2) is 31.2 Å². The van der Waals surface area contributed by atoms with E-state index in [1.54, 1.807) is 18.2 Å². The van der Waals surface area contributed by atoms with E-state index in [0.29, 0.717) is 53.2 Å². The molecule has 1 N–H and O–H groups in total. The molecule has 0 saturated heterocycles. The predicted octanol–water partition coefficient (Wildman–Crippen LogP) is 5.17. The Balaban J connectivity index is 1.33. The van der Waals surface area contributed by atoms with E-state index in [0.717, 1.165) is 24.8 Å². The molecule has 1 aliphatic carbocycles. The summed E-state index contributed by atoms with van der Waals surface area (Å²) in [7, 11) is 0. The molecule has 0 amide bonds. The van der Waals surface area contributed by atoms with Crippen molar-refractivity contribution in [3.8, 4) is 17.1 Å². The molecule has 4 rings (SSSR count). The Morgan fingerprint density at radius 3 is 2.73 bits per heavy atom. The standard InChI is InChI=1S/C23H23ClO6/c24-20-3-1-2-19-21(25)13-22(30-23(19)20)16-5-8-17(9-6-16)27-10-11-28-18-7-4-15(12-18)14-29-26/h1-3,5-6,8-9,13,15,18,26H,4,7,10-12,14H2. The molecule has 1 aliphatic rings. The van der Waals surface area contributed by atoms with Gasteiger partial charge in [0.05, 0.1) is 29.7 Å². The minimum Gasteiger partial charge on any atom is -0.491 e. The minimum atomic E-state index is -0.133. The summed E-state index contributed by atoms with van der Waals surface area (Å²) in [6, 6.07) is 13.9. The lowest BCUT2D eigenvalue weighted by molar-refractivity contribution is -0.250. The molecule has 1 aromatic heterocycles. The topological polar surface area (TPSA) is 78.1 Å². The van der Waals surface area contributed by atoms with Gasteiger partial charge in [-0.15, -0.1) is 0 Å². The molecule has 0 spiro atoms. The third kappa shape index (κ3) is 4.84. The Hall–Kier alpha value is -2.38. The number of fused-ring (bicyclic) bond motifs is 1. The quantitative estimate of drug-likeness (QED) is 0.302. The van der Waals surface area contributed by atoms with E-state index in [4.69, 9.17) is 30.7 Å². The van der Waals surface area contributed by atoms with Gasteiger partial charge in [0.25, 0.3) is 0 Å². The molecule has 158 valence electrons. The number of benzene rings is 2. The zero-order valence-corrected chi connectivity index (χ0v) is 17.1. The molecule has 0 aliphatic heterocycles. The van der Waals surface area contributed by atoms with Crippen LogP contribution in [-0.2, 0) is 9.62 Å². The molecule has 1 heterocycles. The average Bonchev–Trinajstić information content (AvgIpc) is 3.20. The maximum atomic E-state index is 12.4. The Morgan fingerprint density at radius 1 is 1.10 bits per heavy atom. The summed E-state index contributed by atoms with van der Waals surface area (Å²) in [5, 5.41) is 9.40. The van der Waals surface area contributed by atoms with Crippen molar-refractivity contribution >= 4 is 22.6 Å². The van der Waals surface area contributed by atoms with Crippen LogP contribution in [0.15, 0.2) is 57.7 Å². The number of halogens is 1. The van der Waals surface area contributed by atoms with Crippen LogP contribution in [0, 0.1) is 5.92 Å². The molecule has 2 unspecified atom stereocenters. The van der Waals surface area contributed by atoms with E-state index in [1.807, 2.05) is 24.3 Å². The second-order valence-electron chi connectivity index (χ2n) is 7.43. The average molecular weight is 431 g/mol. The lowest BCUT2D eigenvalue weighted by Crippen LogP contribution is -2.15. The summed E-state index contributed by atoms with van der Waals surface area (Å²) in [6.45, 7) is 1.31. The highest BCUT2D eigenvalue weighted by Gasteiger charge is 2.25. The number of para-hydroxylation sites is 1. The van der Waals surface area contributed by atoms with Crippen LogP contribution < -0.4 is 10.2 Å². The van der Waals surface area contributed by atoms with Gasteiger partial charge in [0.2, 0.25) is 0 Å². The summed E-state index contributed by atoms with van der Waals surface area (Å²) < 4.78 is 17.4. The van der Waals surface area contributed by atoms with E-state index in [2.05, 4.69) is 4.89 Å². The highest BCUT2D eigenvalue weighted by atomic mass is 35.5. The number of hydrogen-bond acceptors (Lipinski definition) is 6. The summed E-state index contributed by atoms with van der Waals surface area (Å²) in [6.07, 6.45) is 3.07. The van der Waals surface area contributed by atoms with Gasteiger partial charge in [0.15, 0.2) is 11.0 Å². The fourth-order valence-corrected chi connectivity index (χ4v) is 4.03. The highest BCUT2D eigenvalue weighted by molar-refractivity contribution is 6.34. The summed E-state index contributed by atoms with van der Waals surface area (Å²) >= 11 is 6.17. The molecule has 7 heteroatoms.